The van der Waals surface area contributed by atoms with E-state index in [1.165, 1.54) is 19.3 Å². The number of amides is 1. The van der Waals surface area contributed by atoms with Crippen molar-refractivity contribution in [1.29, 1.82) is 0 Å². The first-order valence-corrected chi connectivity index (χ1v) is 7.29. The second kappa shape index (κ2) is 5.57. The Morgan fingerprint density at radius 3 is 2.61 bits per heavy atom. The molecule has 2 aliphatic rings. The molecule has 18 heavy (non-hydrogen) atoms. The van der Waals surface area contributed by atoms with Crippen LogP contribution in [0.2, 0.25) is 0 Å². The van der Waals surface area contributed by atoms with E-state index in [-0.39, 0.29) is 5.91 Å². The molecule has 0 aromatic heterocycles. The van der Waals surface area contributed by atoms with Gasteiger partial charge in [0.05, 0.1) is 0 Å². The van der Waals surface area contributed by atoms with Crippen LogP contribution in [0, 0.1) is 11.8 Å². The fraction of sp³-hybridized carbons (Fsp3) is 0.929. The van der Waals surface area contributed by atoms with Crippen LogP contribution < -0.4 is 11.1 Å². The van der Waals surface area contributed by atoms with Crippen LogP contribution in [0.15, 0.2) is 0 Å². The van der Waals surface area contributed by atoms with E-state index in [4.69, 9.17) is 5.73 Å². The molecule has 1 aliphatic heterocycles. The van der Waals surface area contributed by atoms with Crippen LogP contribution in [0.4, 0.5) is 0 Å². The van der Waals surface area contributed by atoms with Crippen LogP contribution in [0.1, 0.15) is 39.0 Å². The first-order valence-electron chi connectivity index (χ1n) is 7.29. The summed E-state index contributed by atoms with van der Waals surface area (Å²) in [6.45, 7) is 5.32. The lowest BCUT2D eigenvalue weighted by atomic mass is 9.91. The third-order valence-corrected chi connectivity index (χ3v) is 4.74. The SMILES string of the molecule is CNC(CN1CCCC(C)CC1)(C(N)=O)C1CC1. The van der Waals surface area contributed by atoms with Crippen molar-refractivity contribution < 1.29 is 4.79 Å². The molecule has 0 aromatic carbocycles. The molecule has 1 saturated carbocycles. The lowest BCUT2D eigenvalue weighted by molar-refractivity contribution is -0.126. The molecule has 1 heterocycles. The van der Waals surface area contributed by atoms with Gasteiger partial charge in [-0.25, -0.2) is 0 Å². The first-order chi connectivity index (χ1) is 8.58. The number of hydrogen-bond acceptors (Lipinski definition) is 3. The number of nitrogens with zero attached hydrogens (tertiary/aromatic N) is 1. The summed E-state index contributed by atoms with van der Waals surface area (Å²) in [5, 5.41) is 3.24. The van der Waals surface area contributed by atoms with Crippen LogP contribution in [-0.2, 0) is 4.79 Å². The number of rotatable bonds is 5. The highest BCUT2D eigenvalue weighted by atomic mass is 16.1. The number of nitrogens with two attached hydrogens (primary N) is 1. The fourth-order valence-electron chi connectivity index (χ4n) is 3.22. The molecule has 1 amide bonds. The fourth-order valence-corrected chi connectivity index (χ4v) is 3.22. The first kappa shape index (κ1) is 13.8. The average molecular weight is 253 g/mol. The Bertz CT molecular complexity index is 303. The summed E-state index contributed by atoms with van der Waals surface area (Å²) in [6, 6.07) is 0. The maximum atomic E-state index is 11.9. The van der Waals surface area contributed by atoms with Crippen molar-refractivity contribution in [3.05, 3.63) is 0 Å². The number of likely N-dealkylation sites (tertiary alicyclic amines) is 1. The molecule has 1 aliphatic carbocycles. The number of nitrogens with one attached hydrogen (secondary N) is 1. The van der Waals surface area contributed by atoms with Crippen molar-refractivity contribution in [1.82, 2.24) is 10.2 Å². The smallest absolute Gasteiger partial charge is 0.239 e. The van der Waals surface area contributed by atoms with Gasteiger partial charge in [0, 0.05) is 6.54 Å². The van der Waals surface area contributed by atoms with E-state index in [1.807, 2.05) is 7.05 Å². The molecule has 0 radical (unpaired) electrons. The van der Waals surface area contributed by atoms with E-state index in [2.05, 4.69) is 17.1 Å². The summed E-state index contributed by atoms with van der Waals surface area (Å²) in [6.07, 6.45) is 6.05. The van der Waals surface area contributed by atoms with E-state index in [0.29, 0.717) is 5.92 Å². The van der Waals surface area contributed by atoms with Crippen molar-refractivity contribution in [2.75, 3.05) is 26.7 Å². The van der Waals surface area contributed by atoms with Gasteiger partial charge in [-0.3, -0.25) is 4.79 Å². The van der Waals surface area contributed by atoms with Crippen LogP contribution >= 0.6 is 0 Å². The Morgan fingerprint density at radius 2 is 2.06 bits per heavy atom. The van der Waals surface area contributed by atoms with Gasteiger partial charge in [0.1, 0.15) is 5.54 Å². The second-order valence-electron chi connectivity index (χ2n) is 6.17. The van der Waals surface area contributed by atoms with E-state index in [9.17, 15) is 4.79 Å². The molecule has 1 saturated heterocycles. The molecule has 2 fully saturated rings. The highest BCUT2D eigenvalue weighted by Gasteiger charge is 2.49. The van der Waals surface area contributed by atoms with Gasteiger partial charge in [-0.15, -0.1) is 0 Å². The minimum Gasteiger partial charge on any atom is -0.368 e. The zero-order chi connectivity index (χ0) is 13.2. The average Bonchev–Trinajstić information content (AvgIpc) is 3.15. The van der Waals surface area contributed by atoms with Gasteiger partial charge in [-0.1, -0.05) is 6.92 Å². The van der Waals surface area contributed by atoms with E-state index in [1.54, 1.807) is 0 Å². The summed E-state index contributed by atoms with van der Waals surface area (Å²) in [4.78, 5) is 14.3. The molecule has 4 heteroatoms. The Labute approximate surface area is 110 Å². The molecule has 2 atom stereocenters. The zero-order valence-electron chi connectivity index (χ0n) is 11.7. The molecule has 3 N–H and O–H groups in total. The third-order valence-electron chi connectivity index (χ3n) is 4.74. The molecule has 104 valence electrons. The molecule has 2 rings (SSSR count). The van der Waals surface area contributed by atoms with Crippen molar-refractivity contribution in [2.45, 2.75) is 44.6 Å². The Kier molecular flexibility index (Phi) is 4.28. The van der Waals surface area contributed by atoms with Crippen LogP contribution in [0.5, 0.6) is 0 Å². The molecule has 0 spiro atoms. The number of carbonyl (C=O) groups excluding carboxylic acids is 1. The topological polar surface area (TPSA) is 58.4 Å². The van der Waals surface area contributed by atoms with Crippen molar-refractivity contribution >= 4 is 5.91 Å². The largest absolute Gasteiger partial charge is 0.368 e. The molecular weight excluding hydrogens is 226 g/mol. The predicted molar refractivity (Wildman–Crippen MR) is 73.2 cm³/mol. The lowest BCUT2D eigenvalue weighted by Crippen LogP contribution is -2.62. The Morgan fingerprint density at radius 1 is 1.33 bits per heavy atom. The molecule has 0 bridgehead atoms. The predicted octanol–water partition coefficient (Wildman–Crippen LogP) is 0.962. The monoisotopic (exact) mass is 253 g/mol. The number of carbonyl (C=O) groups is 1. The standard InChI is InChI=1S/C14H27N3O/c1-11-4-3-8-17(9-7-11)10-14(16-2,13(15)18)12-5-6-12/h11-12,16H,3-10H2,1-2H3,(H2,15,18). The summed E-state index contributed by atoms with van der Waals surface area (Å²) < 4.78 is 0. The molecular formula is C14H27N3O. The molecule has 4 nitrogen and oxygen atoms in total. The van der Waals surface area contributed by atoms with Gasteiger partial charge in [-0.05, 0) is 64.1 Å². The third kappa shape index (κ3) is 2.86. The minimum atomic E-state index is -0.492. The van der Waals surface area contributed by atoms with Gasteiger partial charge in [0.2, 0.25) is 5.91 Å². The van der Waals surface area contributed by atoms with Crippen molar-refractivity contribution in [2.24, 2.45) is 17.6 Å². The highest BCUT2D eigenvalue weighted by molar-refractivity contribution is 5.86. The number of likely N-dealkylation sites (N-methyl/N-ethyl adjacent to an activating group) is 1. The quantitative estimate of drug-likeness (QED) is 0.767. The number of primary amides is 1. The minimum absolute atomic E-state index is 0.176. The number of hydrogen-bond donors (Lipinski definition) is 2. The molecule has 2 unspecified atom stereocenters. The Hall–Kier alpha value is -0.610. The molecule has 0 aromatic rings. The summed E-state index contributed by atoms with van der Waals surface area (Å²) in [5.41, 5.74) is 5.19. The normalized spacial score (nSPS) is 29.6. The maximum absolute atomic E-state index is 11.9. The van der Waals surface area contributed by atoms with Crippen LogP contribution in [-0.4, -0.2) is 43.0 Å². The van der Waals surface area contributed by atoms with Crippen LogP contribution in [0.25, 0.3) is 0 Å². The van der Waals surface area contributed by atoms with E-state index in [0.717, 1.165) is 38.4 Å². The summed E-state index contributed by atoms with van der Waals surface area (Å²) >= 11 is 0. The maximum Gasteiger partial charge on any atom is 0.239 e. The lowest BCUT2D eigenvalue weighted by Gasteiger charge is -2.35. The van der Waals surface area contributed by atoms with E-state index < -0.39 is 5.54 Å². The van der Waals surface area contributed by atoms with Gasteiger partial charge in [0.15, 0.2) is 0 Å². The Balaban J connectivity index is 2.02. The van der Waals surface area contributed by atoms with Gasteiger partial charge < -0.3 is 16.0 Å². The van der Waals surface area contributed by atoms with E-state index >= 15 is 0 Å². The summed E-state index contributed by atoms with van der Waals surface area (Å²) in [5.74, 6) is 1.08. The zero-order valence-corrected chi connectivity index (χ0v) is 11.7. The van der Waals surface area contributed by atoms with Crippen LogP contribution in [0.3, 0.4) is 0 Å². The van der Waals surface area contributed by atoms with Gasteiger partial charge in [-0.2, -0.15) is 0 Å². The highest BCUT2D eigenvalue weighted by Crippen LogP contribution is 2.40. The van der Waals surface area contributed by atoms with Crippen molar-refractivity contribution in [3.63, 3.8) is 0 Å². The second-order valence-corrected chi connectivity index (χ2v) is 6.17. The van der Waals surface area contributed by atoms with Crippen molar-refractivity contribution in [3.8, 4) is 0 Å². The van der Waals surface area contributed by atoms with Gasteiger partial charge in [0.25, 0.3) is 0 Å². The summed E-state index contributed by atoms with van der Waals surface area (Å²) in [7, 11) is 1.88. The van der Waals surface area contributed by atoms with Gasteiger partial charge >= 0.3 is 0 Å².